The van der Waals surface area contributed by atoms with Crippen molar-refractivity contribution in [3.8, 4) is 0 Å². The van der Waals surface area contributed by atoms with Gasteiger partial charge < -0.3 is 20.3 Å². The first-order chi connectivity index (χ1) is 12.6. The number of carbonyl (C=O) groups excluding carboxylic acids is 1. The SMILES string of the molecule is CC1CN(c2ccc(CNC(=O)CC(C)C3CCNCC3)cn2)CCO1. The van der Waals surface area contributed by atoms with Gasteiger partial charge in [-0.05, 0) is 56.3 Å². The number of anilines is 1. The molecule has 2 atom stereocenters. The molecule has 0 aromatic carbocycles. The lowest BCUT2D eigenvalue weighted by Crippen LogP contribution is -2.41. The van der Waals surface area contributed by atoms with Crippen molar-refractivity contribution in [1.29, 1.82) is 0 Å². The average molecular weight is 361 g/mol. The van der Waals surface area contributed by atoms with E-state index in [1.165, 1.54) is 12.8 Å². The van der Waals surface area contributed by atoms with Crippen LogP contribution in [-0.2, 0) is 16.1 Å². The van der Waals surface area contributed by atoms with Gasteiger partial charge in [0.2, 0.25) is 5.91 Å². The van der Waals surface area contributed by atoms with E-state index in [4.69, 9.17) is 4.74 Å². The Balaban J connectivity index is 1.43. The molecule has 1 aromatic heterocycles. The summed E-state index contributed by atoms with van der Waals surface area (Å²) >= 11 is 0. The van der Waals surface area contributed by atoms with Crippen LogP contribution in [0.5, 0.6) is 0 Å². The smallest absolute Gasteiger partial charge is 0.220 e. The average Bonchev–Trinajstić information content (AvgIpc) is 2.67. The highest BCUT2D eigenvalue weighted by Crippen LogP contribution is 2.24. The van der Waals surface area contributed by atoms with E-state index in [1.54, 1.807) is 0 Å². The van der Waals surface area contributed by atoms with Crippen LogP contribution in [0.1, 0.15) is 38.7 Å². The van der Waals surface area contributed by atoms with Crippen LogP contribution in [0.2, 0.25) is 0 Å². The second-order valence-corrected chi connectivity index (χ2v) is 7.70. The van der Waals surface area contributed by atoms with Crippen LogP contribution in [0.3, 0.4) is 0 Å². The molecule has 3 heterocycles. The number of rotatable bonds is 6. The Labute approximate surface area is 156 Å². The minimum Gasteiger partial charge on any atom is -0.375 e. The first-order valence-corrected chi connectivity index (χ1v) is 9.90. The molecule has 0 radical (unpaired) electrons. The maximum atomic E-state index is 12.3. The number of hydrogen-bond acceptors (Lipinski definition) is 5. The molecule has 1 amide bonds. The van der Waals surface area contributed by atoms with Gasteiger partial charge in [0.05, 0.1) is 12.7 Å². The molecule has 26 heavy (non-hydrogen) atoms. The lowest BCUT2D eigenvalue weighted by molar-refractivity contribution is -0.122. The molecule has 2 N–H and O–H groups in total. The summed E-state index contributed by atoms with van der Waals surface area (Å²) in [5.74, 6) is 2.23. The van der Waals surface area contributed by atoms with Crippen LogP contribution in [0.25, 0.3) is 0 Å². The maximum absolute atomic E-state index is 12.3. The molecule has 0 bridgehead atoms. The van der Waals surface area contributed by atoms with Crippen molar-refractivity contribution in [2.24, 2.45) is 11.8 Å². The van der Waals surface area contributed by atoms with Gasteiger partial charge in [0.25, 0.3) is 0 Å². The molecule has 2 aliphatic rings. The summed E-state index contributed by atoms with van der Waals surface area (Å²) in [5.41, 5.74) is 1.04. The maximum Gasteiger partial charge on any atom is 0.220 e. The molecular weight excluding hydrogens is 328 g/mol. The summed E-state index contributed by atoms with van der Waals surface area (Å²) in [6.45, 7) is 9.49. The molecule has 0 aliphatic carbocycles. The van der Waals surface area contributed by atoms with Gasteiger partial charge in [0.15, 0.2) is 0 Å². The van der Waals surface area contributed by atoms with Crippen molar-refractivity contribution in [3.63, 3.8) is 0 Å². The summed E-state index contributed by atoms with van der Waals surface area (Å²) in [4.78, 5) is 19.1. The highest BCUT2D eigenvalue weighted by atomic mass is 16.5. The van der Waals surface area contributed by atoms with Gasteiger partial charge in [-0.3, -0.25) is 4.79 Å². The van der Waals surface area contributed by atoms with Crippen molar-refractivity contribution < 1.29 is 9.53 Å². The Morgan fingerprint density at radius 2 is 2.23 bits per heavy atom. The van der Waals surface area contributed by atoms with Crippen LogP contribution in [-0.4, -0.2) is 49.8 Å². The van der Waals surface area contributed by atoms with E-state index in [2.05, 4.69) is 40.4 Å². The molecule has 1 aromatic rings. The van der Waals surface area contributed by atoms with Crippen molar-refractivity contribution in [3.05, 3.63) is 23.9 Å². The monoisotopic (exact) mass is 360 g/mol. The highest BCUT2D eigenvalue weighted by molar-refractivity contribution is 5.76. The molecule has 6 nitrogen and oxygen atoms in total. The zero-order chi connectivity index (χ0) is 18.4. The summed E-state index contributed by atoms with van der Waals surface area (Å²) < 4.78 is 5.57. The van der Waals surface area contributed by atoms with Gasteiger partial charge in [0.1, 0.15) is 5.82 Å². The standard InChI is InChI=1S/C20H32N4O2/c1-15(18-5-7-21-8-6-18)11-20(25)23-13-17-3-4-19(22-12-17)24-9-10-26-16(2)14-24/h3-4,12,15-16,18,21H,5-11,13-14H2,1-2H3,(H,23,25). The summed E-state index contributed by atoms with van der Waals surface area (Å²) in [7, 11) is 0. The lowest BCUT2D eigenvalue weighted by atomic mass is 9.84. The number of carbonyl (C=O) groups is 1. The molecule has 0 spiro atoms. The van der Waals surface area contributed by atoms with Gasteiger partial charge in [-0.15, -0.1) is 0 Å². The Kier molecular flexibility index (Phi) is 6.86. The van der Waals surface area contributed by atoms with E-state index in [-0.39, 0.29) is 12.0 Å². The fourth-order valence-electron chi connectivity index (χ4n) is 3.88. The van der Waals surface area contributed by atoms with Gasteiger partial charge in [0, 0.05) is 32.3 Å². The molecular formula is C20H32N4O2. The number of hydrogen-bond donors (Lipinski definition) is 2. The molecule has 2 fully saturated rings. The second-order valence-electron chi connectivity index (χ2n) is 7.70. The van der Waals surface area contributed by atoms with Crippen LogP contribution in [0, 0.1) is 11.8 Å². The van der Waals surface area contributed by atoms with E-state index in [9.17, 15) is 4.79 Å². The molecule has 3 rings (SSSR count). The first-order valence-electron chi connectivity index (χ1n) is 9.90. The van der Waals surface area contributed by atoms with Crippen LogP contribution in [0.4, 0.5) is 5.82 Å². The summed E-state index contributed by atoms with van der Waals surface area (Å²) in [6, 6.07) is 4.09. The number of morpholine rings is 1. The fraction of sp³-hybridized carbons (Fsp3) is 0.700. The minimum absolute atomic E-state index is 0.141. The summed E-state index contributed by atoms with van der Waals surface area (Å²) in [6.07, 6.45) is 5.08. The number of amides is 1. The number of ether oxygens (including phenoxy) is 1. The van der Waals surface area contributed by atoms with E-state index >= 15 is 0 Å². The third-order valence-electron chi connectivity index (χ3n) is 5.56. The topological polar surface area (TPSA) is 66.5 Å². The Bertz CT molecular complexity index is 572. The zero-order valence-corrected chi connectivity index (χ0v) is 16.0. The third kappa shape index (κ3) is 5.42. The predicted octanol–water partition coefficient (Wildman–Crippen LogP) is 1.95. The molecule has 6 heteroatoms. The van der Waals surface area contributed by atoms with Gasteiger partial charge >= 0.3 is 0 Å². The van der Waals surface area contributed by atoms with Crippen molar-refractivity contribution in [1.82, 2.24) is 15.6 Å². The van der Waals surface area contributed by atoms with Gasteiger partial charge in [-0.1, -0.05) is 13.0 Å². The van der Waals surface area contributed by atoms with E-state index < -0.39 is 0 Å². The van der Waals surface area contributed by atoms with Crippen molar-refractivity contribution in [2.45, 2.75) is 45.8 Å². The van der Waals surface area contributed by atoms with Crippen LogP contribution < -0.4 is 15.5 Å². The second kappa shape index (κ2) is 9.33. The lowest BCUT2D eigenvalue weighted by Gasteiger charge is -2.32. The third-order valence-corrected chi connectivity index (χ3v) is 5.56. The van der Waals surface area contributed by atoms with E-state index in [0.29, 0.717) is 24.8 Å². The summed E-state index contributed by atoms with van der Waals surface area (Å²) in [5, 5.41) is 6.43. The zero-order valence-electron chi connectivity index (χ0n) is 16.0. The van der Waals surface area contributed by atoms with Crippen LogP contribution >= 0.6 is 0 Å². The number of pyridine rings is 1. The van der Waals surface area contributed by atoms with Crippen molar-refractivity contribution >= 4 is 11.7 Å². The molecule has 2 aliphatic heterocycles. The van der Waals surface area contributed by atoms with Gasteiger partial charge in [-0.25, -0.2) is 4.98 Å². The first kappa shape index (κ1) is 19.1. The number of piperidine rings is 1. The van der Waals surface area contributed by atoms with E-state index in [1.807, 2.05) is 12.3 Å². The Morgan fingerprint density at radius 1 is 1.42 bits per heavy atom. The highest BCUT2D eigenvalue weighted by Gasteiger charge is 2.22. The predicted molar refractivity (Wildman–Crippen MR) is 103 cm³/mol. The Morgan fingerprint density at radius 3 is 2.92 bits per heavy atom. The number of aromatic nitrogens is 1. The molecule has 0 saturated carbocycles. The normalized spacial score (nSPS) is 22.8. The molecule has 144 valence electrons. The Hall–Kier alpha value is -1.66. The minimum atomic E-state index is 0.141. The fourth-order valence-corrected chi connectivity index (χ4v) is 3.88. The van der Waals surface area contributed by atoms with Crippen molar-refractivity contribution in [2.75, 3.05) is 37.7 Å². The molecule has 2 saturated heterocycles. The van der Waals surface area contributed by atoms with Crippen LogP contribution in [0.15, 0.2) is 18.3 Å². The quantitative estimate of drug-likeness (QED) is 0.812. The van der Waals surface area contributed by atoms with E-state index in [0.717, 1.165) is 44.2 Å². The largest absolute Gasteiger partial charge is 0.375 e. The number of nitrogens with one attached hydrogen (secondary N) is 2. The van der Waals surface area contributed by atoms with Gasteiger partial charge in [-0.2, -0.15) is 0 Å². The molecule has 2 unspecified atom stereocenters. The number of nitrogens with zero attached hydrogens (tertiary/aromatic N) is 2.